The lowest BCUT2D eigenvalue weighted by atomic mass is 9.78. The molecule has 0 fully saturated rings. The fraction of sp³-hybridized carbons (Fsp3) is 0.200. The second-order valence-electron chi connectivity index (χ2n) is 4.33. The predicted octanol–water partition coefficient (Wildman–Crippen LogP) is 6.04. The molecule has 112 valence electrons. The van der Waals surface area contributed by atoms with Crippen molar-refractivity contribution < 1.29 is 18.4 Å². The molecule has 2 aromatic carbocycles. The molecule has 0 aliphatic rings. The number of halogens is 4. The number of phenolic OH excluding ortho intramolecular Hbond substituents is 2. The van der Waals surface area contributed by atoms with Gasteiger partial charge in [0.2, 0.25) is 0 Å². The molecule has 0 spiro atoms. The third kappa shape index (κ3) is 3.04. The van der Waals surface area contributed by atoms with Gasteiger partial charge in [-0.05, 0) is 35.4 Å². The van der Waals surface area contributed by atoms with Gasteiger partial charge in [0, 0.05) is 13.6 Å². The van der Waals surface area contributed by atoms with Crippen LogP contribution in [0.1, 0.15) is 33.1 Å². The molecule has 0 unspecified atom stereocenters. The van der Waals surface area contributed by atoms with Crippen LogP contribution in [0.5, 0.6) is 11.5 Å². The Morgan fingerprint density at radius 3 is 1.29 bits per heavy atom. The molecular formula is C15H12Cl4O2. The third-order valence-electron chi connectivity index (χ3n) is 2.90. The van der Waals surface area contributed by atoms with Gasteiger partial charge in [-0.25, -0.2) is 0 Å². The first-order chi connectivity index (χ1) is 12.1. The molecule has 0 saturated heterocycles. The second kappa shape index (κ2) is 5.77. The van der Waals surface area contributed by atoms with E-state index in [0.29, 0.717) is 0 Å². The van der Waals surface area contributed by atoms with Crippen LogP contribution in [0, 0.1) is 0 Å². The highest BCUT2D eigenvalue weighted by Crippen LogP contribution is 2.42. The Balaban J connectivity index is 3.06. The van der Waals surface area contributed by atoms with Crippen molar-refractivity contribution in [3.8, 4) is 11.5 Å². The van der Waals surface area contributed by atoms with Crippen LogP contribution in [0.3, 0.4) is 0 Å². The van der Waals surface area contributed by atoms with E-state index in [1.807, 2.05) is 0 Å². The molecule has 0 bridgehead atoms. The van der Waals surface area contributed by atoms with E-state index in [0.717, 1.165) is 24.3 Å². The zero-order valence-corrected chi connectivity index (χ0v) is 13.2. The van der Waals surface area contributed by atoms with Crippen LogP contribution in [0.15, 0.2) is 24.3 Å². The number of aromatic hydroxyl groups is 2. The van der Waals surface area contributed by atoms with E-state index in [9.17, 15) is 10.2 Å². The van der Waals surface area contributed by atoms with Crippen molar-refractivity contribution in [3.05, 3.63) is 55.5 Å². The maximum atomic E-state index is 9.78. The van der Waals surface area contributed by atoms with Gasteiger partial charge in [-0.1, -0.05) is 60.1 Å². The lowest BCUT2D eigenvalue weighted by molar-refractivity contribution is 0.474. The van der Waals surface area contributed by atoms with Crippen LogP contribution in [0.2, 0.25) is 20.1 Å². The Morgan fingerprint density at radius 1 is 0.762 bits per heavy atom. The fourth-order valence-corrected chi connectivity index (χ4v) is 2.70. The van der Waals surface area contributed by atoms with Gasteiger partial charge in [0.05, 0.1) is 20.1 Å². The van der Waals surface area contributed by atoms with Crippen molar-refractivity contribution in [2.75, 3.05) is 0 Å². The average molecular weight is 372 g/mol. The zero-order valence-electron chi connectivity index (χ0n) is 16.2. The topological polar surface area (TPSA) is 40.5 Å². The van der Waals surface area contributed by atoms with E-state index >= 15 is 0 Å². The van der Waals surface area contributed by atoms with Crippen LogP contribution in [0.4, 0.5) is 0 Å². The van der Waals surface area contributed by atoms with Crippen molar-refractivity contribution in [2.24, 2.45) is 0 Å². The largest absolute Gasteiger partial charge is 0.505 e. The van der Waals surface area contributed by atoms with E-state index in [-0.39, 0.29) is 31.2 Å². The summed E-state index contributed by atoms with van der Waals surface area (Å²) in [6.45, 7) is -6.29. The van der Waals surface area contributed by atoms with Crippen LogP contribution in [-0.4, -0.2) is 10.2 Å². The molecule has 21 heavy (non-hydrogen) atoms. The molecule has 0 radical (unpaired) electrons. The number of phenols is 2. The molecule has 2 N–H and O–H groups in total. The summed E-state index contributed by atoms with van der Waals surface area (Å²) in [6.07, 6.45) is 0. The van der Waals surface area contributed by atoms with Crippen molar-refractivity contribution in [3.63, 3.8) is 0 Å². The molecule has 2 nitrogen and oxygen atoms in total. The normalized spacial score (nSPS) is 17.1. The summed E-state index contributed by atoms with van der Waals surface area (Å²) < 4.78 is 48.2. The maximum Gasteiger partial charge on any atom is 0.152 e. The smallest absolute Gasteiger partial charge is 0.152 e. The summed E-state index contributed by atoms with van der Waals surface area (Å²) in [7, 11) is 0. The van der Waals surface area contributed by atoms with Crippen molar-refractivity contribution in [2.45, 2.75) is 19.1 Å². The molecule has 2 rings (SSSR count). The standard InChI is InChI=1S/C15H12Cl4O2/c1-15(2,7-3-9(16)13(20)10(17)4-7)8-5-11(18)14(21)12(19)6-8/h3-6,20-21H,1-2H3/i1D3,2D3. The van der Waals surface area contributed by atoms with E-state index in [4.69, 9.17) is 54.6 Å². The second-order valence-corrected chi connectivity index (χ2v) is 5.96. The van der Waals surface area contributed by atoms with Crippen LogP contribution in [0.25, 0.3) is 0 Å². The first-order valence-corrected chi connectivity index (χ1v) is 7.02. The lowest BCUT2D eigenvalue weighted by Gasteiger charge is -2.27. The number of hydrogen-bond acceptors (Lipinski definition) is 2. The molecule has 6 heteroatoms. The molecule has 0 saturated carbocycles. The van der Waals surface area contributed by atoms with E-state index < -0.39 is 30.6 Å². The highest BCUT2D eigenvalue weighted by molar-refractivity contribution is 6.37. The molecular weight excluding hydrogens is 354 g/mol. The van der Waals surface area contributed by atoms with Gasteiger partial charge in [0.25, 0.3) is 0 Å². The van der Waals surface area contributed by atoms with Crippen molar-refractivity contribution in [1.82, 2.24) is 0 Å². The van der Waals surface area contributed by atoms with Crippen molar-refractivity contribution in [1.29, 1.82) is 0 Å². The number of benzene rings is 2. The summed E-state index contributed by atoms with van der Waals surface area (Å²) in [5, 5.41) is 18.2. The summed E-state index contributed by atoms with van der Waals surface area (Å²) in [6, 6.07) is 4.04. The first kappa shape index (κ1) is 10.1. The zero-order chi connectivity index (χ0) is 20.9. The van der Waals surface area contributed by atoms with E-state index in [2.05, 4.69) is 0 Å². The molecule has 0 aliphatic heterocycles. The summed E-state index contributed by atoms with van der Waals surface area (Å²) in [5.41, 5.74) is -3.25. The summed E-state index contributed by atoms with van der Waals surface area (Å²) >= 11 is 23.6. The van der Waals surface area contributed by atoms with Crippen LogP contribution >= 0.6 is 46.4 Å². The Kier molecular flexibility index (Phi) is 2.77. The van der Waals surface area contributed by atoms with Gasteiger partial charge in [0.15, 0.2) is 11.5 Å². The Labute approximate surface area is 151 Å². The minimum absolute atomic E-state index is 0.298. The van der Waals surface area contributed by atoms with Gasteiger partial charge >= 0.3 is 0 Å². The van der Waals surface area contributed by atoms with Gasteiger partial charge in [-0.2, -0.15) is 0 Å². The Hall–Kier alpha value is -0.800. The van der Waals surface area contributed by atoms with Crippen LogP contribution in [-0.2, 0) is 5.41 Å². The highest BCUT2D eigenvalue weighted by atomic mass is 35.5. The highest BCUT2D eigenvalue weighted by Gasteiger charge is 2.27. The van der Waals surface area contributed by atoms with Gasteiger partial charge in [-0.15, -0.1) is 0 Å². The number of hydrogen-bond donors (Lipinski definition) is 2. The molecule has 0 heterocycles. The summed E-state index contributed by atoms with van der Waals surface area (Å²) in [5.74, 6) is -1.04. The first-order valence-electron chi connectivity index (χ1n) is 8.51. The molecule has 0 atom stereocenters. The lowest BCUT2D eigenvalue weighted by Crippen LogP contribution is -2.19. The molecule has 0 aromatic heterocycles. The van der Waals surface area contributed by atoms with E-state index in [1.54, 1.807) is 0 Å². The SMILES string of the molecule is [2H]C([2H])([2H])C(c1cc(Cl)c(O)c(Cl)c1)(c1cc(Cl)c(O)c(Cl)c1)C([2H])([2H])[2H]. The van der Waals surface area contributed by atoms with Gasteiger partial charge < -0.3 is 10.2 Å². The van der Waals surface area contributed by atoms with E-state index in [1.165, 1.54) is 0 Å². The molecule has 2 aromatic rings. The third-order valence-corrected chi connectivity index (χ3v) is 4.05. The Bertz CT molecular complexity index is 775. The monoisotopic (exact) mass is 370 g/mol. The summed E-state index contributed by atoms with van der Waals surface area (Å²) in [4.78, 5) is 0. The van der Waals surface area contributed by atoms with Gasteiger partial charge in [0.1, 0.15) is 0 Å². The minimum Gasteiger partial charge on any atom is -0.505 e. The predicted molar refractivity (Wildman–Crippen MR) is 88.4 cm³/mol. The fourth-order valence-electron chi connectivity index (χ4n) is 1.73. The Morgan fingerprint density at radius 2 is 1.05 bits per heavy atom. The molecule has 0 aliphatic carbocycles. The van der Waals surface area contributed by atoms with Crippen molar-refractivity contribution >= 4 is 46.4 Å². The minimum atomic E-state index is -3.15. The van der Waals surface area contributed by atoms with Gasteiger partial charge in [-0.3, -0.25) is 0 Å². The maximum absolute atomic E-state index is 9.78. The quantitative estimate of drug-likeness (QED) is 0.675. The number of rotatable bonds is 2. The molecule has 0 amide bonds. The average Bonchev–Trinajstić information content (AvgIpc) is 2.47. The van der Waals surface area contributed by atoms with Crippen LogP contribution < -0.4 is 0 Å².